The Balaban J connectivity index is 1.40. The second kappa shape index (κ2) is 10.2. The molecule has 1 fully saturated rings. The number of rotatable bonds is 10. The number of hydrogen-bond donors (Lipinski definition) is 1. The van der Waals surface area contributed by atoms with E-state index in [4.69, 9.17) is 0 Å². The zero-order valence-corrected chi connectivity index (χ0v) is 20.9. The first-order chi connectivity index (χ1) is 15.4. The Morgan fingerprint density at radius 1 is 1.12 bits per heavy atom. The minimum atomic E-state index is 0.00000350. The molecule has 1 amide bonds. The van der Waals surface area contributed by atoms with Gasteiger partial charge in [0.05, 0.1) is 11.8 Å². The van der Waals surface area contributed by atoms with E-state index >= 15 is 0 Å². The molecule has 32 heavy (non-hydrogen) atoms. The normalized spacial score (nSPS) is 14.8. The standard InChI is InChI=1S/C25H32N4OS2/c1-16(2)18-7-9-19(10-8-18)24(17(3)4)26-23(30)15-32-25-28-27-22(29(25)20-11-12-20)14-21-6-5-13-31-21/h5-10,13,16-17,20,24H,11-12,14-15H2,1-4H3,(H,26,30). The number of thioether (sulfide) groups is 1. The molecular formula is C25H32N4OS2. The highest BCUT2D eigenvalue weighted by Crippen LogP contribution is 2.39. The molecule has 1 saturated carbocycles. The maximum atomic E-state index is 12.9. The lowest BCUT2D eigenvalue weighted by Gasteiger charge is -2.23. The van der Waals surface area contributed by atoms with Crippen LogP contribution >= 0.6 is 23.1 Å². The fraction of sp³-hybridized carbons (Fsp3) is 0.480. The number of carbonyl (C=O) groups excluding carboxylic acids is 1. The molecule has 0 bridgehead atoms. The minimum absolute atomic E-state index is 0.00000350. The van der Waals surface area contributed by atoms with E-state index in [-0.39, 0.29) is 11.9 Å². The molecule has 0 spiro atoms. The first kappa shape index (κ1) is 23.1. The first-order valence-corrected chi connectivity index (χ1v) is 13.3. The first-order valence-electron chi connectivity index (χ1n) is 11.4. The van der Waals surface area contributed by atoms with Crippen LogP contribution in [0.25, 0.3) is 0 Å². The van der Waals surface area contributed by atoms with Crippen molar-refractivity contribution in [2.75, 3.05) is 5.75 Å². The van der Waals surface area contributed by atoms with Crippen molar-refractivity contribution in [3.8, 4) is 0 Å². The lowest BCUT2D eigenvalue weighted by atomic mass is 9.93. The fourth-order valence-electron chi connectivity index (χ4n) is 3.86. The molecule has 7 heteroatoms. The van der Waals surface area contributed by atoms with Gasteiger partial charge in [-0.05, 0) is 47.3 Å². The summed E-state index contributed by atoms with van der Waals surface area (Å²) in [6, 6.07) is 13.3. The number of nitrogens with zero attached hydrogens (tertiary/aromatic N) is 3. The molecule has 1 aromatic carbocycles. The van der Waals surface area contributed by atoms with Crippen LogP contribution in [0.1, 0.15) is 80.4 Å². The summed E-state index contributed by atoms with van der Waals surface area (Å²) in [6.07, 6.45) is 3.13. The van der Waals surface area contributed by atoms with Gasteiger partial charge in [-0.3, -0.25) is 4.79 Å². The zero-order valence-electron chi connectivity index (χ0n) is 19.2. The van der Waals surface area contributed by atoms with E-state index in [1.165, 1.54) is 22.2 Å². The number of amides is 1. The van der Waals surface area contributed by atoms with Crippen LogP contribution in [0, 0.1) is 5.92 Å². The summed E-state index contributed by atoms with van der Waals surface area (Å²) < 4.78 is 2.25. The van der Waals surface area contributed by atoms with Gasteiger partial charge in [0.15, 0.2) is 5.16 Å². The molecule has 0 radical (unpaired) electrons. The third kappa shape index (κ3) is 5.62. The smallest absolute Gasteiger partial charge is 0.230 e. The average Bonchev–Trinajstić information content (AvgIpc) is 3.32. The maximum Gasteiger partial charge on any atom is 0.230 e. The molecule has 1 aliphatic carbocycles. The van der Waals surface area contributed by atoms with E-state index < -0.39 is 0 Å². The molecule has 1 N–H and O–H groups in total. The number of thiophene rings is 1. The minimum Gasteiger partial charge on any atom is -0.348 e. The summed E-state index contributed by atoms with van der Waals surface area (Å²) in [5, 5.41) is 15.1. The van der Waals surface area contributed by atoms with Crippen molar-refractivity contribution < 1.29 is 4.79 Å². The van der Waals surface area contributed by atoms with Gasteiger partial charge in [0.1, 0.15) is 5.82 Å². The molecule has 0 saturated heterocycles. The predicted octanol–water partition coefficient (Wildman–Crippen LogP) is 5.99. The van der Waals surface area contributed by atoms with E-state index in [1.54, 1.807) is 11.3 Å². The van der Waals surface area contributed by atoms with Crippen LogP contribution in [-0.4, -0.2) is 26.4 Å². The molecule has 5 nitrogen and oxygen atoms in total. The van der Waals surface area contributed by atoms with Crippen LogP contribution in [0.3, 0.4) is 0 Å². The second-order valence-electron chi connectivity index (χ2n) is 9.16. The van der Waals surface area contributed by atoms with Crippen molar-refractivity contribution in [3.63, 3.8) is 0 Å². The molecule has 170 valence electrons. The number of carbonyl (C=O) groups is 1. The van der Waals surface area contributed by atoms with Gasteiger partial charge >= 0.3 is 0 Å². The monoisotopic (exact) mass is 468 g/mol. The Morgan fingerprint density at radius 3 is 2.44 bits per heavy atom. The van der Waals surface area contributed by atoms with Gasteiger partial charge in [-0.2, -0.15) is 0 Å². The van der Waals surface area contributed by atoms with Gasteiger partial charge in [0.2, 0.25) is 5.91 Å². The van der Waals surface area contributed by atoms with Crippen LogP contribution in [-0.2, 0) is 11.2 Å². The Bertz CT molecular complexity index is 1020. The van der Waals surface area contributed by atoms with Crippen LogP contribution in [0.2, 0.25) is 0 Å². The van der Waals surface area contributed by atoms with E-state index in [1.807, 2.05) is 0 Å². The fourth-order valence-corrected chi connectivity index (χ4v) is 5.40. The van der Waals surface area contributed by atoms with Gasteiger partial charge in [0, 0.05) is 17.3 Å². The Morgan fingerprint density at radius 2 is 1.84 bits per heavy atom. The maximum absolute atomic E-state index is 12.9. The molecular weight excluding hydrogens is 436 g/mol. The van der Waals surface area contributed by atoms with Gasteiger partial charge in [-0.15, -0.1) is 21.5 Å². The molecule has 1 unspecified atom stereocenters. The highest BCUT2D eigenvalue weighted by atomic mass is 32.2. The summed E-state index contributed by atoms with van der Waals surface area (Å²) in [6.45, 7) is 8.68. The lowest BCUT2D eigenvalue weighted by Crippen LogP contribution is -2.33. The number of benzene rings is 1. The molecule has 1 aliphatic rings. The third-order valence-electron chi connectivity index (χ3n) is 5.84. The summed E-state index contributed by atoms with van der Waals surface area (Å²) in [5.41, 5.74) is 2.47. The number of nitrogens with one attached hydrogen (secondary N) is 1. The lowest BCUT2D eigenvalue weighted by molar-refractivity contribution is -0.119. The third-order valence-corrected chi connectivity index (χ3v) is 7.66. The number of hydrogen-bond acceptors (Lipinski definition) is 5. The summed E-state index contributed by atoms with van der Waals surface area (Å²) in [4.78, 5) is 14.1. The van der Waals surface area contributed by atoms with Crippen molar-refractivity contribution in [2.24, 2.45) is 5.92 Å². The summed E-state index contributed by atoms with van der Waals surface area (Å²) in [7, 11) is 0. The van der Waals surface area contributed by atoms with E-state index in [9.17, 15) is 4.79 Å². The molecule has 0 aliphatic heterocycles. The second-order valence-corrected chi connectivity index (χ2v) is 11.1. The van der Waals surface area contributed by atoms with Crippen molar-refractivity contribution in [1.29, 1.82) is 0 Å². The Kier molecular flexibility index (Phi) is 7.36. The van der Waals surface area contributed by atoms with Crippen molar-refractivity contribution in [2.45, 2.75) is 70.1 Å². The molecule has 2 heterocycles. The molecule has 4 rings (SSSR count). The van der Waals surface area contributed by atoms with Gasteiger partial charge < -0.3 is 9.88 Å². The highest BCUT2D eigenvalue weighted by Gasteiger charge is 2.30. The quantitative estimate of drug-likeness (QED) is 0.371. The zero-order chi connectivity index (χ0) is 22.7. The van der Waals surface area contributed by atoms with E-state index in [2.05, 4.69) is 89.6 Å². The van der Waals surface area contributed by atoms with Crippen LogP contribution < -0.4 is 5.32 Å². The Hall–Kier alpha value is -2.12. The van der Waals surface area contributed by atoms with Gasteiger partial charge in [-0.25, -0.2) is 0 Å². The van der Waals surface area contributed by atoms with Crippen molar-refractivity contribution in [1.82, 2.24) is 20.1 Å². The molecule has 1 atom stereocenters. The highest BCUT2D eigenvalue weighted by molar-refractivity contribution is 7.99. The van der Waals surface area contributed by atoms with Crippen molar-refractivity contribution >= 4 is 29.0 Å². The summed E-state index contributed by atoms with van der Waals surface area (Å²) >= 11 is 3.24. The van der Waals surface area contributed by atoms with Crippen molar-refractivity contribution in [3.05, 3.63) is 63.6 Å². The largest absolute Gasteiger partial charge is 0.348 e. The SMILES string of the molecule is CC(C)c1ccc(C(NC(=O)CSc2nnc(Cc3cccs3)n2C2CC2)C(C)C)cc1. The van der Waals surface area contributed by atoms with Crippen LogP contribution in [0.5, 0.6) is 0 Å². The van der Waals surface area contributed by atoms with Gasteiger partial charge in [0.25, 0.3) is 0 Å². The molecule has 3 aromatic rings. The number of aromatic nitrogens is 3. The molecule has 2 aromatic heterocycles. The van der Waals surface area contributed by atoms with Crippen LogP contribution in [0.4, 0.5) is 0 Å². The van der Waals surface area contributed by atoms with Crippen LogP contribution in [0.15, 0.2) is 46.9 Å². The summed E-state index contributed by atoms with van der Waals surface area (Å²) in [5.74, 6) is 2.19. The van der Waals surface area contributed by atoms with E-state index in [0.29, 0.717) is 23.6 Å². The topological polar surface area (TPSA) is 59.8 Å². The Labute approximate surface area is 199 Å². The van der Waals surface area contributed by atoms with E-state index in [0.717, 1.165) is 35.8 Å². The predicted molar refractivity (Wildman–Crippen MR) is 132 cm³/mol. The van der Waals surface area contributed by atoms with Gasteiger partial charge in [-0.1, -0.05) is 69.8 Å². The average molecular weight is 469 g/mol.